The first-order chi connectivity index (χ1) is 14.0. The summed E-state index contributed by atoms with van der Waals surface area (Å²) in [5.74, 6) is -0.669. The summed E-state index contributed by atoms with van der Waals surface area (Å²) >= 11 is 0. The molecule has 0 spiro atoms. The number of rotatable bonds is 5. The van der Waals surface area contributed by atoms with Crippen molar-refractivity contribution in [3.8, 4) is 0 Å². The van der Waals surface area contributed by atoms with Crippen molar-refractivity contribution in [2.75, 3.05) is 5.32 Å². The molecule has 4 rings (SSSR count). The largest absolute Gasteiger partial charge is 0.327 e. The number of benzene rings is 3. The van der Waals surface area contributed by atoms with Gasteiger partial charge in [0.15, 0.2) is 0 Å². The first-order valence-corrected chi connectivity index (χ1v) is 9.52. The maximum Gasteiger partial charge on any atom is 0.255 e. The Kier molecular flexibility index (Phi) is 5.12. The van der Waals surface area contributed by atoms with Gasteiger partial charge in [0, 0.05) is 17.8 Å². The van der Waals surface area contributed by atoms with Gasteiger partial charge >= 0.3 is 0 Å². The molecule has 0 aliphatic carbocycles. The van der Waals surface area contributed by atoms with Gasteiger partial charge in [0.25, 0.3) is 5.91 Å². The Balaban J connectivity index is 1.59. The number of hydrogen-bond donors (Lipinski definition) is 1. The molecule has 1 aliphatic heterocycles. The summed E-state index contributed by atoms with van der Waals surface area (Å²) < 4.78 is 13.4. The number of hydrogen-bond acceptors (Lipinski definition) is 2. The van der Waals surface area contributed by atoms with Crippen LogP contribution in [0.3, 0.4) is 0 Å². The second-order valence-corrected chi connectivity index (χ2v) is 7.28. The molecule has 0 fully saturated rings. The summed E-state index contributed by atoms with van der Waals surface area (Å²) in [6, 6.07) is 20.5. The third-order valence-electron chi connectivity index (χ3n) is 5.19. The van der Waals surface area contributed by atoms with E-state index in [1.165, 1.54) is 12.1 Å². The third kappa shape index (κ3) is 4.04. The number of carbonyl (C=O) groups excluding carboxylic acids is 2. The van der Waals surface area contributed by atoms with Gasteiger partial charge in [-0.3, -0.25) is 9.59 Å². The van der Waals surface area contributed by atoms with E-state index in [-0.39, 0.29) is 24.1 Å². The Morgan fingerprint density at radius 1 is 1.03 bits per heavy atom. The SMILES string of the molecule is Cc1ccc(NC(=O)CC(c2ccc(F)cc2)N2Cc3ccccc3C2=O)cc1. The highest BCUT2D eigenvalue weighted by molar-refractivity contribution is 5.99. The fourth-order valence-corrected chi connectivity index (χ4v) is 3.65. The average molecular weight is 388 g/mol. The van der Waals surface area contributed by atoms with Gasteiger partial charge in [0.2, 0.25) is 5.91 Å². The van der Waals surface area contributed by atoms with Crippen LogP contribution in [0.1, 0.15) is 39.5 Å². The summed E-state index contributed by atoms with van der Waals surface area (Å²) in [5.41, 5.74) is 4.12. The van der Waals surface area contributed by atoms with Crippen LogP contribution >= 0.6 is 0 Å². The zero-order valence-electron chi connectivity index (χ0n) is 16.1. The molecule has 0 radical (unpaired) electrons. The summed E-state index contributed by atoms with van der Waals surface area (Å²) in [6.07, 6.45) is 0.0826. The van der Waals surface area contributed by atoms with Crippen molar-refractivity contribution in [3.05, 3.63) is 101 Å². The van der Waals surface area contributed by atoms with Gasteiger partial charge in [-0.1, -0.05) is 48.0 Å². The van der Waals surface area contributed by atoms with Gasteiger partial charge < -0.3 is 10.2 Å². The minimum Gasteiger partial charge on any atom is -0.327 e. The number of nitrogens with one attached hydrogen (secondary N) is 1. The van der Waals surface area contributed by atoms with Gasteiger partial charge in [-0.15, -0.1) is 0 Å². The summed E-state index contributed by atoms with van der Waals surface area (Å²) in [4.78, 5) is 27.4. The van der Waals surface area contributed by atoms with Crippen LogP contribution in [0.15, 0.2) is 72.8 Å². The second kappa shape index (κ2) is 7.87. The first-order valence-electron chi connectivity index (χ1n) is 9.52. The molecule has 1 heterocycles. The molecule has 1 N–H and O–H groups in total. The molecule has 29 heavy (non-hydrogen) atoms. The maximum atomic E-state index is 13.4. The Bertz CT molecular complexity index is 1050. The molecule has 146 valence electrons. The van der Waals surface area contributed by atoms with Crippen molar-refractivity contribution < 1.29 is 14.0 Å². The first kappa shape index (κ1) is 18.9. The highest BCUT2D eigenvalue weighted by Crippen LogP contribution is 2.33. The van der Waals surface area contributed by atoms with Gasteiger partial charge in [-0.25, -0.2) is 4.39 Å². The van der Waals surface area contributed by atoms with Crippen LogP contribution in [-0.4, -0.2) is 16.7 Å². The van der Waals surface area contributed by atoms with Crippen LogP contribution in [0, 0.1) is 12.7 Å². The number of carbonyl (C=O) groups is 2. The standard InChI is InChI=1S/C24H21FN2O2/c1-16-6-12-20(13-7-16)26-23(28)14-22(17-8-10-19(25)11-9-17)27-15-18-4-2-3-5-21(18)24(27)29/h2-13,22H,14-15H2,1H3,(H,26,28). The van der Waals surface area contributed by atoms with Crippen molar-refractivity contribution in [2.45, 2.75) is 25.9 Å². The van der Waals surface area contributed by atoms with Crippen molar-refractivity contribution in [2.24, 2.45) is 0 Å². The molecular weight excluding hydrogens is 367 g/mol. The van der Waals surface area contributed by atoms with Gasteiger partial charge in [0.05, 0.1) is 12.5 Å². The molecule has 1 atom stereocenters. The molecule has 0 saturated heterocycles. The van der Waals surface area contributed by atoms with E-state index in [4.69, 9.17) is 0 Å². The summed E-state index contributed by atoms with van der Waals surface area (Å²) in [5, 5.41) is 2.89. The zero-order chi connectivity index (χ0) is 20.4. The molecule has 3 aromatic carbocycles. The molecule has 4 nitrogen and oxygen atoms in total. The van der Waals surface area contributed by atoms with Crippen molar-refractivity contribution in [3.63, 3.8) is 0 Å². The number of amides is 2. The normalized spacial score (nSPS) is 13.9. The zero-order valence-corrected chi connectivity index (χ0v) is 16.1. The molecule has 5 heteroatoms. The van der Waals surface area contributed by atoms with Crippen molar-refractivity contribution in [1.82, 2.24) is 4.90 Å². The Hall–Kier alpha value is -3.47. The Labute approximate surface area is 169 Å². The van der Waals surface area contributed by atoms with E-state index >= 15 is 0 Å². The van der Waals surface area contributed by atoms with Crippen molar-refractivity contribution >= 4 is 17.5 Å². The predicted molar refractivity (Wildman–Crippen MR) is 110 cm³/mol. The number of anilines is 1. The Morgan fingerprint density at radius 3 is 2.41 bits per heavy atom. The molecule has 3 aromatic rings. The minimum absolute atomic E-state index is 0.0826. The highest BCUT2D eigenvalue weighted by Gasteiger charge is 2.34. The fraction of sp³-hybridized carbons (Fsp3) is 0.167. The minimum atomic E-state index is -0.485. The second-order valence-electron chi connectivity index (χ2n) is 7.28. The molecular formula is C24H21FN2O2. The molecule has 1 unspecified atom stereocenters. The monoisotopic (exact) mass is 388 g/mol. The number of aryl methyl sites for hydroxylation is 1. The molecule has 0 aromatic heterocycles. The molecule has 2 amide bonds. The van der Waals surface area contributed by atoms with Crippen LogP contribution in [0.25, 0.3) is 0 Å². The van der Waals surface area contributed by atoms with E-state index in [1.54, 1.807) is 23.1 Å². The lowest BCUT2D eigenvalue weighted by atomic mass is 10.0. The number of nitrogens with zero attached hydrogens (tertiary/aromatic N) is 1. The van der Waals surface area contributed by atoms with Crippen LogP contribution < -0.4 is 5.32 Å². The van der Waals surface area contributed by atoms with Crippen LogP contribution in [-0.2, 0) is 11.3 Å². The lowest BCUT2D eigenvalue weighted by molar-refractivity contribution is -0.117. The molecule has 1 aliphatic rings. The predicted octanol–water partition coefficient (Wildman–Crippen LogP) is 4.86. The average Bonchev–Trinajstić information content (AvgIpc) is 3.05. The summed E-state index contributed by atoms with van der Waals surface area (Å²) in [7, 11) is 0. The lowest BCUT2D eigenvalue weighted by Gasteiger charge is -2.28. The van der Waals surface area contributed by atoms with E-state index < -0.39 is 6.04 Å². The highest BCUT2D eigenvalue weighted by atomic mass is 19.1. The van der Waals surface area contributed by atoms with Crippen LogP contribution in [0.5, 0.6) is 0 Å². The van der Waals surface area contributed by atoms with E-state index in [0.29, 0.717) is 17.8 Å². The Morgan fingerprint density at radius 2 is 1.72 bits per heavy atom. The quantitative estimate of drug-likeness (QED) is 0.679. The van der Waals surface area contributed by atoms with Gasteiger partial charge in [-0.2, -0.15) is 0 Å². The third-order valence-corrected chi connectivity index (χ3v) is 5.19. The maximum absolute atomic E-state index is 13.4. The van der Waals surface area contributed by atoms with E-state index in [1.807, 2.05) is 49.4 Å². The number of fused-ring (bicyclic) bond motifs is 1. The number of halogens is 1. The van der Waals surface area contributed by atoms with Crippen LogP contribution in [0.2, 0.25) is 0 Å². The fourth-order valence-electron chi connectivity index (χ4n) is 3.65. The van der Waals surface area contributed by atoms with Gasteiger partial charge in [-0.05, 0) is 48.4 Å². The topological polar surface area (TPSA) is 49.4 Å². The van der Waals surface area contributed by atoms with Crippen LogP contribution in [0.4, 0.5) is 10.1 Å². The van der Waals surface area contributed by atoms with Crippen molar-refractivity contribution in [1.29, 1.82) is 0 Å². The molecule has 0 bridgehead atoms. The van der Waals surface area contributed by atoms with Gasteiger partial charge in [0.1, 0.15) is 5.82 Å². The molecule has 0 saturated carbocycles. The van der Waals surface area contributed by atoms with E-state index in [0.717, 1.165) is 16.7 Å². The lowest BCUT2D eigenvalue weighted by Crippen LogP contribution is -2.32. The smallest absolute Gasteiger partial charge is 0.255 e. The van der Waals surface area contributed by atoms with E-state index in [9.17, 15) is 14.0 Å². The van der Waals surface area contributed by atoms with E-state index in [2.05, 4.69) is 5.32 Å². The summed E-state index contributed by atoms with van der Waals surface area (Å²) in [6.45, 7) is 2.40.